The summed E-state index contributed by atoms with van der Waals surface area (Å²) in [5.74, 6) is -9.53. The van der Waals surface area contributed by atoms with E-state index >= 15 is 4.79 Å². The molecule has 1 aliphatic heterocycles. The predicted octanol–water partition coefficient (Wildman–Crippen LogP) is 2.64. The molecule has 2 bridgehead atoms. The number of esters is 6. The summed E-state index contributed by atoms with van der Waals surface area (Å²) < 4.78 is 43.0. The first-order chi connectivity index (χ1) is 22.7. The SMILES string of the molecule is CCC(C)C(=O)O[C@H]1C(=O)[C@@]23CO[C@@](C)([C@H](OC(C)=O)[C@@]4(OC(C)=O)C[C@H](C)[C@H](OC(C)=O)[C@@H]4[C@H]2OC(C)=O)[C@@H]3[C@@H]2[C@H]1C[C@]2(C)OC(C)=O. The van der Waals surface area contributed by atoms with Gasteiger partial charge in [0.05, 0.1) is 23.9 Å². The zero-order valence-electron chi connectivity index (χ0n) is 29.8. The van der Waals surface area contributed by atoms with Gasteiger partial charge in [0, 0.05) is 52.4 Å². The molecule has 0 aromatic rings. The van der Waals surface area contributed by atoms with Crippen molar-refractivity contribution >= 4 is 41.6 Å². The molecule has 14 nitrogen and oxygen atoms in total. The number of hydrogen-bond donors (Lipinski definition) is 0. The van der Waals surface area contributed by atoms with Crippen LogP contribution < -0.4 is 0 Å². The summed E-state index contributed by atoms with van der Waals surface area (Å²) in [7, 11) is 0. The summed E-state index contributed by atoms with van der Waals surface area (Å²) in [5, 5.41) is 0. The van der Waals surface area contributed by atoms with Crippen molar-refractivity contribution in [2.24, 2.45) is 40.9 Å². The average Bonchev–Trinajstić information content (AvgIpc) is 3.40. The zero-order valence-corrected chi connectivity index (χ0v) is 29.8. The van der Waals surface area contributed by atoms with Crippen LogP contribution in [0.1, 0.15) is 88.5 Å². The molecule has 5 fully saturated rings. The van der Waals surface area contributed by atoms with E-state index in [1.807, 2.05) is 6.92 Å². The highest BCUT2D eigenvalue weighted by atomic mass is 16.6. The first-order valence-corrected chi connectivity index (χ1v) is 17.0. The van der Waals surface area contributed by atoms with Crippen molar-refractivity contribution in [2.45, 2.75) is 130 Å². The van der Waals surface area contributed by atoms with E-state index in [1.54, 1.807) is 27.7 Å². The molecule has 0 N–H and O–H groups in total. The number of rotatable bonds is 8. The number of fused-ring (bicyclic) bond motifs is 2. The Labute approximate surface area is 285 Å². The average molecular weight is 693 g/mol. The fourth-order valence-corrected chi connectivity index (χ4v) is 10.3. The van der Waals surface area contributed by atoms with Gasteiger partial charge in [-0.05, 0) is 39.0 Å². The van der Waals surface area contributed by atoms with E-state index in [4.69, 9.17) is 33.2 Å². The predicted molar refractivity (Wildman–Crippen MR) is 165 cm³/mol. The minimum Gasteiger partial charge on any atom is -0.462 e. The van der Waals surface area contributed by atoms with Crippen molar-refractivity contribution in [1.82, 2.24) is 0 Å². The summed E-state index contributed by atoms with van der Waals surface area (Å²) in [4.78, 5) is 93.1. The third-order valence-corrected chi connectivity index (χ3v) is 11.8. The highest BCUT2D eigenvalue weighted by molar-refractivity contribution is 5.95. The molecule has 14 atom stereocenters. The molecule has 5 aliphatic rings. The van der Waals surface area contributed by atoms with Gasteiger partial charge in [-0.1, -0.05) is 20.8 Å². The maximum Gasteiger partial charge on any atom is 0.309 e. The van der Waals surface area contributed by atoms with Crippen molar-refractivity contribution in [1.29, 1.82) is 0 Å². The van der Waals surface area contributed by atoms with Gasteiger partial charge in [-0.15, -0.1) is 0 Å². The molecule has 0 amide bonds. The van der Waals surface area contributed by atoms with Crippen molar-refractivity contribution in [3.05, 3.63) is 0 Å². The van der Waals surface area contributed by atoms with Gasteiger partial charge < -0.3 is 33.2 Å². The summed E-state index contributed by atoms with van der Waals surface area (Å²) in [6.45, 7) is 14.2. The molecule has 1 unspecified atom stereocenters. The van der Waals surface area contributed by atoms with Gasteiger partial charge in [0.25, 0.3) is 0 Å². The number of carbonyl (C=O) groups excluding carboxylic acids is 7. The lowest BCUT2D eigenvalue weighted by atomic mass is 9.42. The molecule has 1 heterocycles. The van der Waals surface area contributed by atoms with E-state index in [-0.39, 0.29) is 19.4 Å². The van der Waals surface area contributed by atoms with Crippen molar-refractivity contribution in [2.75, 3.05) is 6.61 Å². The maximum atomic E-state index is 15.4. The largest absolute Gasteiger partial charge is 0.462 e. The summed E-state index contributed by atoms with van der Waals surface area (Å²) in [6, 6.07) is 0. The zero-order chi connectivity index (χ0) is 36.6. The molecule has 0 spiro atoms. The van der Waals surface area contributed by atoms with E-state index in [0.29, 0.717) is 6.42 Å². The Morgan fingerprint density at radius 1 is 0.816 bits per heavy atom. The van der Waals surface area contributed by atoms with Gasteiger partial charge in [0.2, 0.25) is 0 Å². The first kappa shape index (κ1) is 36.7. The first-order valence-electron chi connectivity index (χ1n) is 17.0. The second-order valence-electron chi connectivity index (χ2n) is 15.2. The Balaban J connectivity index is 1.87. The second-order valence-corrected chi connectivity index (χ2v) is 15.2. The van der Waals surface area contributed by atoms with Gasteiger partial charge in [-0.3, -0.25) is 33.6 Å². The quantitative estimate of drug-likeness (QED) is 0.267. The molecule has 272 valence electrons. The molecule has 0 aromatic heterocycles. The molecule has 49 heavy (non-hydrogen) atoms. The summed E-state index contributed by atoms with van der Waals surface area (Å²) in [5.41, 5.74) is -6.53. The van der Waals surface area contributed by atoms with Gasteiger partial charge in [0.15, 0.2) is 23.6 Å². The number of carbonyl (C=O) groups is 7. The van der Waals surface area contributed by atoms with Crippen LogP contribution in [-0.4, -0.2) is 89.4 Å². The van der Waals surface area contributed by atoms with E-state index in [9.17, 15) is 28.8 Å². The van der Waals surface area contributed by atoms with E-state index < -0.39 is 124 Å². The molecular weight excluding hydrogens is 644 g/mol. The topological polar surface area (TPSA) is 184 Å². The molecular formula is C35H48O14. The summed E-state index contributed by atoms with van der Waals surface area (Å²) in [6.07, 6.45) is -4.79. The number of ketones is 1. The Bertz CT molecular complexity index is 1460. The number of ether oxygens (including phenoxy) is 7. The minimum atomic E-state index is -1.84. The lowest BCUT2D eigenvalue weighted by Gasteiger charge is -2.64. The molecule has 4 aliphatic carbocycles. The van der Waals surface area contributed by atoms with Gasteiger partial charge in [-0.25, -0.2) is 0 Å². The normalized spacial score (nSPS) is 43.6. The van der Waals surface area contributed by atoms with Crippen molar-refractivity contribution < 1.29 is 66.7 Å². The van der Waals surface area contributed by atoms with Gasteiger partial charge in [-0.2, -0.15) is 0 Å². The molecule has 1 saturated heterocycles. The van der Waals surface area contributed by atoms with Crippen LogP contribution >= 0.6 is 0 Å². The fraction of sp³-hybridized carbons (Fsp3) is 0.800. The lowest BCUT2D eigenvalue weighted by Crippen LogP contribution is -2.75. The molecule has 14 heteroatoms. The van der Waals surface area contributed by atoms with Crippen LogP contribution in [0.2, 0.25) is 0 Å². The van der Waals surface area contributed by atoms with Crippen LogP contribution in [-0.2, 0) is 66.7 Å². The molecule has 4 saturated carbocycles. The minimum absolute atomic E-state index is 0.0252. The van der Waals surface area contributed by atoms with Crippen LogP contribution in [0.25, 0.3) is 0 Å². The third kappa shape index (κ3) is 5.43. The smallest absolute Gasteiger partial charge is 0.309 e. The molecule has 5 rings (SSSR count). The van der Waals surface area contributed by atoms with Crippen LogP contribution in [0.15, 0.2) is 0 Å². The Hall–Kier alpha value is -3.55. The molecule has 0 radical (unpaired) electrons. The van der Waals surface area contributed by atoms with Crippen molar-refractivity contribution in [3.8, 4) is 0 Å². The van der Waals surface area contributed by atoms with E-state index in [2.05, 4.69) is 0 Å². The van der Waals surface area contributed by atoms with Crippen LogP contribution in [0, 0.1) is 40.9 Å². The molecule has 0 aromatic carbocycles. The maximum absolute atomic E-state index is 15.4. The van der Waals surface area contributed by atoms with Gasteiger partial charge in [0.1, 0.15) is 23.4 Å². The Morgan fingerprint density at radius 3 is 1.94 bits per heavy atom. The van der Waals surface area contributed by atoms with Crippen LogP contribution in [0.5, 0.6) is 0 Å². The number of Topliss-reactive ketones (excluding diaryl/α,β-unsaturated/α-hetero) is 1. The highest BCUT2D eigenvalue weighted by Crippen LogP contribution is 2.73. The van der Waals surface area contributed by atoms with Crippen LogP contribution in [0.3, 0.4) is 0 Å². The Morgan fingerprint density at radius 2 is 1.41 bits per heavy atom. The van der Waals surface area contributed by atoms with Gasteiger partial charge >= 0.3 is 35.8 Å². The summed E-state index contributed by atoms with van der Waals surface area (Å²) >= 11 is 0. The van der Waals surface area contributed by atoms with Crippen LogP contribution in [0.4, 0.5) is 0 Å². The fourth-order valence-electron chi connectivity index (χ4n) is 10.3. The van der Waals surface area contributed by atoms with Crippen molar-refractivity contribution in [3.63, 3.8) is 0 Å². The number of hydrogen-bond acceptors (Lipinski definition) is 14. The Kier molecular flexibility index (Phi) is 9.25. The lowest BCUT2D eigenvalue weighted by molar-refractivity contribution is -0.261. The third-order valence-electron chi connectivity index (χ3n) is 11.8. The van der Waals surface area contributed by atoms with E-state index in [0.717, 1.165) is 6.92 Å². The highest BCUT2D eigenvalue weighted by Gasteiger charge is 2.86. The monoisotopic (exact) mass is 692 g/mol. The van der Waals surface area contributed by atoms with E-state index in [1.165, 1.54) is 27.7 Å². The standard InChI is InChI=1S/C35H48O14/c1-11-15(2)30(42)47-26-22-13-32(9,48-20(7)39)23(22)27-33(10)31(46-19(6)38)35(49-21(8)40)12-16(3)25(44-17(4)36)24(35)29(45-18(5)37)34(27,14-43-33)28(26)41/h15-16,22-27,29,31H,11-14H2,1-10H3/t15?,16-,22+,23-,24+,25-,26+,27-,29+,31-,32-,33+,34-,35+/m0/s1. The second kappa shape index (κ2) is 12.3.